The van der Waals surface area contributed by atoms with Crippen LogP contribution in [0.25, 0.3) is 0 Å². The largest absolute Gasteiger partial charge is 0.424 e. The van der Waals surface area contributed by atoms with Gasteiger partial charge in [-0.05, 0) is 19.8 Å². The predicted molar refractivity (Wildman–Crippen MR) is 101 cm³/mol. The highest BCUT2D eigenvalue weighted by Crippen LogP contribution is 2.43. The van der Waals surface area contributed by atoms with Crippen molar-refractivity contribution in [3.8, 4) is 0 Å². The Bertz CT molecular complexity index is 872. The van der Waals surface area contributed by atoms with Crippen molar-refractivity contribution in [1.82, 2.24) is 14.9 Å². The van der Waals surface area contributed by atoms with Gasteiger partial charge in [-0.2, -0.15) is 13.2 Å². The van der Waals surface area contributed by atoms with Gasteiger partial charge in [0.15, 0.2) is 5.13 Å². The highest BCUT2D eigenvalue weighted by molar-refractivity contribution is 7.13. The van der Waals surface area contributed by atoms with Gasteiger partial charge in [0.05, 0.1) is 12.3 Å². The van der Waals surface area contributed by atoms with E-state index < -0.39 is 35.0 Å². The minimum Gasteiger partial charge on any atom is -0.374 e. The molecule has 158 valence electrons. The maximum Gasteiger partial charge on any atom is 0.424 e. The summed E-state index contributed by atoms with van der Waals surface area (Å²) in [6.07, 6.45) is -3.72. The van der Waals surface area contributed by atoms with Crippen molar-refractivity contribution in [2.45, 2.75) is 38.0 Å². The summed E-state index contributed by atoms with van der Waals surface area (Å²) in [5.74, 6) is -1.76. The molecule has 3 heterocycles. The Hall–Kier alpha value is -2.05. The number of alkyl halides is 3. The molecule has 1 aliphatic rings. The zero-order chi connectivity index (χ0) is 21.2. The van der Waals surface area contributed by atoms with E-state index in [9.17, 15) is 27.9 Å². The Morgan fingerprint density at radius 2 is 2.14 bits per heavy atom. The number of carbonyl (C=O) groups is 2. The van der Waals surface area contributed by atoms with Gasteiger partial charge >= 0.3 is 6.18 Å². The summed E-state index contributed by atoms with van der Waals surface area (Å²) in [6.45, 7) is 1.72. The van der Waals surface area contributed by atoms with Crippen LogP contribution in [-0.2, 0) is 15.2 Å². The van der Waals surface area contributed by atoms with E-state index in [4.69, 9.17) is 0 Å². The second kappa shape index (κ2) is 8.36. The summed E-state index contributed by atoms with van der Waals surface area (Å²) < 4.78 is 40.9. The number of hydrogen-bond donors (Lipinski definition) is 2. The number of likely N-dealkylation sites (tertiary alicyclic amines) is 1. The minimum absolute atomic E-state index is 0.0130. The number of nitrogens with one attached hydrogen (secondary N) is 1. The maximum atomic E-state index is 13.6. The topological polar surface area (TPSA) is 95.4 Å². The number of thiazole rings is 2. The highest BCUT2D eigenvalue weighted by atomic mass is 32.1. The van der Waals surface area contributed by atoms with E-state index in [2.05, 4.69) is 15.3 Å². The van der Waals surface area contributed by atoms with Crippen molar-refractivity contribution in [2.24, 2.45) is 5.92 Å². The summed E-state index contributed by atoms with van der Waals surface area (Å²) in [7, 11) is 0. The molecule has 2 amide bonds. The molecule has 2 aromatic rings. The average Bonchev–Trinajstić information content (AvgIpc) is 3.32. The van der Waals surface area contributed by atoms with E-state index in [0.717, 1.165) is 0 Å². The maximum absolute atomic E-state index is 13.6. The van der Waals surface area contributed by atoms with Crippen LogP contribution in [0.2, 0.25) is 0 Å². The van der Waals surface area contributed by atoms with Gasteiger partial charge in [0.1, 0.15) is 5.01 Å². The van der Waals surface area contributed by atoms with Crippen LogP contribution < -0.4 is 5.32 Å². The van der Waals surface area contributed by atoms with Gasteiger partial charge in [0.25, 0.3) is 0 Å². The molecule has 3 rings (SSSR count). The number of aromatic nitrogens is 2. The number of hydrogen-bond acceptors (Lipinski definition) is 7. The molecule has 7 nitrogen and oxygen atoms in total. The van der Waals surface area contributed by atoms with Crippen molar-refractivity contribution in [2.75, 3.05) is 18.4 Å². The number of piperidine rings is 1. The lowest BCUT2D eigenvalue weighted by Crippen LogP contribution is -2.50. The highest BCUT2D eigenvalue weighted by Gasteiger charge is 2.58. The van der Waals surface area contributed by atoms with Crippen LogP contribution in [0.15, 0.2) is 17.0 Å². The Morgan fingerprint density at radius 3 is 2.72 bits per heavy atom. The number of nitrogens with zero attached hydrogens (tertiary/aromatic N) is 3. The summed E-state index contributed by atoms with van der Waals surface area (Å²) in [5.41, 5.74) is -3.03. The standard InChI is InChI=1S/C17H19F3N4O3S2/c1-10-9-29-14(22-10)16(27,17(18,19)20)7-12(25)24-5-2-3-11(8-24)13(26)23-15-21-4-6-28-15/h4,6,9,11,27H,2-3,5,7-8H2,1H3,(H,21,23,26). The SMILES string of the molecule is Cc1csc(C(O)(CC(=O)N2CCCC(C(=O)Nc3nccs3)C2)C(F)(F)F)n1. The molecule has 2 N–H and O–H groups in total. The first-order valence-corrected chi connectivity index (χ1v) is 10.6. The molecule has 2 unspecified atom stereocenters. The Morgan fingerprint density at radius 1 is 1.38 bits per heavy atom. The fourth-order valence-electron chi connectivity index (χ4n) is 3.08. The van der Waals surface area contributed by atoms with Crippen molar-refractivity contribution < 1.29 is 27.9 Å². The van der Waals surface area contributed by atoms with Crippen LogP contribution in [0.5, 0.6) is 0 Å². The lowest BCUT2D eigenvalue weighted by Gasteiger charge is -2.35. The van der Waals surface area contributed by atoms with Crippen LogP contribution in [0, 0.1) is 12.8 Å². The van der Waals surface area contributed by atoms with E-state index >= 15 is 0 Å². The molecule has 12 heteroatoms. The fourth-order valence-corrected chi connectivity index (χ4v) is 4.53. The van der Waals surface area contributed by atoms with Crippen LogP contribution in [0.3, 0.4) is 0 Å². The third-order valence-electron chi connectivity index (χ3n) is 4.66. The van der Waals surface area contributed by atoms with Crippen LogP contribution in [0.4, 0.5) is 18.3 Å². The van der Waals surface area contributed by atoms with Crippen LogP contribution >= 0.6 is 22.7 Å². The van der Waals surface area contributed by atoms with Crippen molar-refractivity contribution >= 4 is 39.6 Å². The average molecular weight is 448 g/mol. The smallest absolute Gasteiger partial charge is 0.374 e. The monoisotopic (exact) mass is 448 g/mol. The molecule has 0 aromatic carbocycles. The van der Waals surface area contributed by atoms with Gasteiger partial charge < -0.3 is 15.3 Å². The summed E-state index contributed by atoms with van der Waals surface area (Å²) >= 11 is 1.90. The van der Waals surface area contributed by atoms with E-state index in [0.29, 0.717) is 35.0 Å². The first-order chi connectivity index (χ1) is 13.6. The molecule has 1 fully saturated rings. The van der Waals surface area contributed by atoms with Gasteiger partial charge in [0.2, 0.25) is 17.4 Å². The van der Waals surface area contributed by atoms with Gasteiger partial charge in [-0.1, -0.05) is 0 Å². The molecule has 0 saturated carbocycles. The normalized spacial score (nSPS) is 19.6. The molecule has 2 aromatic heterocycles. The zero-order valence-electron chi connectivity index (χ0n) is 15.4. The Labute approximate surface area is 172 Å². The van der Waals surface area contributed by atoms with Gasteiger partial charge in [-0.15, -0.1) is 22.7 Å². The predicted octanol–water partition coefficient (Wildman–Crippen LogP) is 2.93. The van der Waals surface area contributed by atoms with Crippen molar-refractivity contribution in [3.05, 3.63) is 27.7 Å². The van der Waals surface area contributed by atoms with E-state index in [1.54, 1.807) is 5.38 Å². The molecule has 29 heavy (non-hydrogen) atoms. The summed E-state index contributed by atoms with van der Waals surface area (Å²) in [6, 6.07) is 0. The number of rotatable bonds is 5. The molecule has 0 spiro atoms. The number of carbonyl (C=O) groups excluding carboxylic acids is 2. The third-order valence-corrected chi connectivity index (χ3v) is 6.46. The molecular formula is C17H19F3N4O3S2. The second-order valence-corrected chi connectivity index (χ2v) is 8.59. The van der Waals surface area contributed by atoms with Gasteiger partial charge in [-0.3, -0.25) is 9.59 Å². The molecule has 2 atom stereocenters. The van der Waals surface area contributed by atoms with Crippen molar-refractivity contribution in [1.29, 1.82) is 0 Å². The van der Waals surface area contributed by atoms with Crippen LogP contribution in [0.1, 0.15) is 30.0 Å². The second-order valence-electron chi connectivity index (χ2n) is 6.83. The van der Waals surface area contributed by atoms with Gasteiger partial charge in [0, 0.05) is 35.7 Å². The molecular weight excluding hydrogens is 429 g/mol. The number of aryl methyl sites for hydroxylation is 1. The van der Waals surface area contributed by atoms with Crippen molar-refractivity contribution in [3.63, 3.8) is 0 Å². The zero-order valence-corrected chi connectivity index (χ0v) is 17.0. The van der Waals surface area contributed by atoms with E-state index in [1.807, 2.05) is 0 Å². The number of anilines is 1. The van der Waals surface area contributed by atoms with E-state index in [-0.39, 0.29) is 19.0 Å². The first-order valence-electron chi connectivity index (χ1n) is 8.80. The Kier molecular flexibility index (Phi) is 6.24. The molecule has 1 saturated heterocycles. The lowest BCUT2D eigenvalue weighted by molar-refractivity contribution is -0.268. The third kappa shape index (κ3) is 4.75. The lowest BCUT2D eigenvalue weighted by atomic mass is 9.94. The quantitative estimate of drug-likeness (QED) is 0.733. The fraction of sp³-hybridized carbons (Fsp3) is 0.529. The summed E-state index contributed by atoms with van der Waals surface area (Å²) in [5, 5.41) is 16.0. The molecule has 0 bridgehead atoms. The summed E-state index contributed by atoms with van der Waals surface area (Å²) in [4.78, 5) is 33.9. The Balaban J connectivity index is 1.70. The van der Waals surface area contributed by atoms with E-state index in [1.165, 1.54) is 34.7 Å². The molecule has 1 aliphatic heterocycles. The molecule has 0 aliphatic carbocycles. The first kappa shape index (κ1) is 21.7. The number of halogens is 3. The van der Waals surface area contributed by atoms with Crippen LogP contribution in [-0.4, -0.2) is 51.1 Å². The van der Waals surface area contributed by atoms with Gasteiger partial charge in [-0.25, -0.2) is 9.97 Å². The molecule has 0 radical (unpaired) electrons. The number of aliphatic hydroxyl groups is 1. The minimum atomic E-state index is -5.07. The number of amides is 2.